The molecule has 8 heteroatoms. The largest absolute Gasteiger partial charge is 0.508 e. The van der Waals surface area contributed by atoms with E-state index in [1.807, 2.05) is 19.9 Å². The second-order valence-corrected chi connectivity index (χ2v) is 7.29. The maximum atomic E-state index is 13.2. The molecule has 0 saturated carbocycles. The SMILES string of the molecule is COc1c(O)cc([C@]2(O)COc3cc(O)cc(O)c3C2=O)c(OC)c1CC=C(C)C. The van der Waals surface area contributed by atoms with Gasteiger partial charge in [0.1, 0.15) is 35.2 Å². The van der Waals surface area contributed by atoms with Crippen LogP contribution in [0.3, 0.4) is 0 Å². The van der Waals surface area contributed by atoms with Crippen molar-refractivity contribution in [1.82, 2.24) is 0 Å². The van der Waals surface area contributed by atoms with E-state index in [0.29, 0.717) is 12.0 Å². The van der Waals surface area contributed by atoms with Gasteiger partial charge in [0, 0.05) is 23.3 Å². The highest BCUT2D eigenvalue weighted by Gasteiger charge is 2.48. The summed E-state index contributed by atoms with van der Waals surface area (Å²) in [6, 6.07) is 3.34. The topological polar surface area (TPSA) is 126 Å². The summed E-state index contributed by atoms with van der Waals surface area (Å²) in [5.74, 6) is -1.69. The van der Waals surface area contributed by atoms with Crippen LogP contribution in [0, 0.1) is 0 Å². The third-order valence-corrected chi connectivity index (χ3v) is 4.98. The molecule has 1 aliphatic heterocycles. The van der Waals surface area contributed by atoms with E-state index in [9.17, 15) is 25.2 Å². The van der Waals surface area contributed by atoms with Gasteiger partial charge >= 0.3 is 0 Å². The molecule has 4 N–H and O–H groups in total. The number of methoxy groups -OCH3 is 2. The summed E-state index contributed by atoms with van der Waals surface area (Å²) in [6.45, 7) is 3.31. The molecule has 0 amide bonds. The number of allylic oxidation sites excluding steroid dienone is 2. The minimum Gasteiger partial charge on any atom is -0.508 e. The number of ketones is 1. The van der Waals surface area contributed by atoms with E-state index in [4.69, 9.17) is 14.2 Å². The first-order valence-corrected chi connectivity index (χ1v) is 9.20. The fourth-order valence-corrected chi connectivity index (χ4v) is 3.53. The molecule has 0 radical (unpaired) electrons. The number of hydrogen-bond donors (Lipinski definition) is 4. The van der Waals surface area contributed by atoms with Crippen LogP contribution in [0.15, 0.2) is 29.8 Å². The van der Waals surface area contributed by atoms with E-state index in [2.05, 4.69) is 0 Å². The summed E-state index contributed by atoms with van der Waals surface area (Å²) < 4.78 is 16.3. The average Bonchev–Trinajstić information content (AvgIpc) is 2.68. The van der Waals surface area contributed by atoms with Crippen molar-refractivity contribution < 1.29 is 39.4 Å². The molecule has 1 aliphatic rings. The number of fused-ring (bicyclic) bond motifs is 1. The number of carbonyl (C=O) groups is 1. The van der Waals surface area contributed by atoms with Crippen molar-refractivity contribution >= 4 is 5.78 Å². The van der Waals surface area contributed by atoms with Gasteiger partial charge in [-0.3, -0.25) is 4.79 Å². The number of rotatable bonds is 5. The molecule has 1 heterocycles. The van der Waals surface area contributed by atoms with Crippen LogP contribution in [0.4, 0.5) is 0 Å². The summed E-state index contributed by atoms with van der Waals surface area (Å²) in [7, 11) is 2.77. The van der Waals surface area contributed by atoms with E-state index in [0.717, 1.165) is 11.6 Å². The van der Waals surface area contributed by atoms with Crippen molar-refractivity contribution in [2.45, 2.75) is 25.9 Å². The zero-order valence-corrected chi connectivity index (χ0v) is 17.1. The van der Waals surface area contributed by atoms with Gasteiger partial charge in [-0.1, -0.05) is 11.6 Å². The normalized spacial score (nSPS) is 17.7. The van der Waals surface area contributed by atoms with Crippen LogP contribution in [0.2, 0.25) is 0 Å². The molecule has 8 nitrogen and oxygen atoms in total. The lowest BCUT2D eigenvalue weighted by atomic mass is 9.82. The van der Waals surface area contributed by atoms with Gasteiger partial charge < -0.3 is 34.6 Å². The Morgan fingerprint density at radius 3 is 2.37 bits per heavy atom. The van der Waals surface area contributed by atoms with Crippen LogP contribution in [0.1, 0.15) is 35.3 Å². The summed E-state index contributed by atoms with van der Waals surface area (Å²) in [5.41, 5.74) is -1.10. The highest BCUT2D eigenvalue weighted by molar-refractivity contribution is 6.08. The maximum absolute atomic E-state index is 13.2. The lowest BCUT2D eigenvalue weighted by Gasteiger charge is -2.34. The van der Waals surface area contributed by atoms with E-state index >= 15 is 0 Å². The number of hydrogen-bond acceptors (Lipinski definition) is 8. The van der Waals surface area contributed by atoms with Gasteiger partial charge in [0.15, 0.2) is 17.1 Å². The van der Waals surface area contributed by atoms with Crippen LogP contribution in [0.5, 0.6) is 34.5 Å². The molecule has 160 valence electrons. The smallest absolute Gasteiger partial charge is 0.210 e. The molecule has 1 atom stereocenters. The van der Waals surface area contributed by atoms with Crippen molar-refractivity contribution in [3.8, 4) is 34.5 Å². The molecule has 0 fully saturated rings. The van der Waals surface area contributed by atoms with Crippen LogP contribution >= 0.6 is 0 Å². The molecule has 0 spiro atoms. The molecular formula is C22H24O8. The standard InChI is InChI=1S/C22H24O8/c1-11(2)5-6-13-19(28-3)14(9-16(25)20(13)29-4)22(27)10-30-17-8-12(23)7-15(24)18(17)21(22)26/h5,7-9,23-25,27H,6,10H2,1-4H3/t22-/m1/s1. The summed E-state index contributed by atoms with van der Waals surface area (Å²) in [5, 5.41) is 41.7. The number of aromatic hydroxyl groups is 3. The Balaban J connectivity index is 2.24. The fourth-order valence-electron chi connectivity index (χ4n) is 3.53. The molecule has 0 bridgehead atoms. The molecule has 0 unspecified atom stereocenters. The Kier molecular flexibility index (Phi) is 5.54. The lowest BCUT2D eigenvalue weighted by Crippen LogP contribution is -2.45. The first-order valence-electron chi connectivity index (χ1n) is 9.20. The average molecular weight is 416 g/mol. The zero-order chi connectivity index (χ0) is 22.2. The van der Waals surface area contributed by atoms with Crippen molar-refractivity contribution in [1.29, 1.82) is 0 Å². The van der Waals surface area contributed by atoms with Gasteiger partial charge in [0.2, 0.25) is 5.78 Å². The number of benzene rings is 2. The van der Waals surface area contributed by atoms with Gasteiger partial charge in [-0.2, -0.15) is 0 Å². The molecule has 2 aromatic rings. The predicted molar refractivity (Wildman–Crippen MR) is 108 cm³/mol. The van der Waals surface area contributed by atoms with Gasteiger partial charge in [0.05, 0.1) is 14.2 Å². The third-order valence-electron chi connectivity index (χ3n) is 4.98. The monoisotopic (exact) mass is 416 g/mol. The molecule has 0 aromatic heterocycles. The second kappa shape index (κ2) is 7.79. The fraction of sp³-hybridized carbons (Fsp3) is 0.318. The van der Waals surface area contributed by atoms with E-state index in [1.165, 1.54) is 26.4 Å². The molecule has 0 aliphatic carbocycles. The Bertz CT molecular complexity index is 1040. The highest BCUT2D eigenvalue weighted by Crippen LogP contribution is 2.48. The number of carbonyl (C=O) groups excluding carboxylic acids is 1. The first-order chi connectivity index (χ1) is 14.1. The molecule has 2 aromatic carbocycles. The van der Waals surface area contributed by atoms with Gasteiger partial charge in [-0.25, -0.2) is 0 Å². The predicted octanol–water partition coefficient (Wildman–Crippen LogP) is 2.79. The van der Waals surface area contributed by atoms with Gasteiger partial charge in [-0.05, 0) is 26.3 Å². The van der Waals surface area contributed by atoms with Gasteiger partial charge in [-0.15, -0.1) is 0 Å². The number of phenolic OH excluding ortho intramolecular Hbond substituents is 3. The quantitative estimate of drug-likeness (QED) is 0.548. The van der Waals surface area contributed by atoms with E-state index in [1.54, 1.807) is 0 Å². The Hall–Kier alpha value is -3.39. The van der Waals surface area contributed by atoms with Crippen LogP contribution in [-0.4, -0.2) is 47.0 Å². The molecule has 30 heavy (non-hydrogen) atoms. The number of aliphatic hydroxyl groups is 1. The third kappa shape index (κ3) is 3.39. The number of Topliss-reactive ketones (excluding diaryl/α,β-unsaturated/α-hetero) is 1. The van der Waals surface area contributed by atoms with Crippen LogP contribution in [-0.2, 0) is 12.0 Å². The maximum Gasteiger partial charge on any atom is 0.210 e. The molecule has 3 rings (SSSR count). The Labute approximate surface area is 173 Å². The number of phenols is 3. The van der Waals surface area contributed by atoms with Crippen LogP contribution in [0.25, 0.3) is 0 Å². The minimum atomic E-state index is -2.25. The van der Waals surface area contributed by atoms with Crippen molar-refractivity contribution in [2.24, 2.45) is 0 Å². The summed E-state index contributed by atoms with van der Waals surface area (Å²) in [4.78, 5) is 13.2. The van der Waals surface area contributed by atoms with E-state index < -0.39 is 23.7 Å². The Morgan fingerprint density at radius 1 is 1.10 bits per heavy atom. The lowest BCUT2D eigenvalue weighted by molar-refractivity contribution is -0.00690. The zero-order valence-electron chi connectivity index (χ0n) is 17.1. The van der Waals surface area contributed by atoms with Crippen molar-refractivity contribution in [3.63, 3.8) is 0 Å². The molecule has 0 saturated heterocycles. The van der Waals surface area contributed by atoms with Crippen molar-refractivity contribution in [3.05, 3.63) is 46.5 Å². The van der Waals surface area contributed by atoms with Crippen LogP contribution < -0.4 is 14.2 Å². The number of ether oxygens (including phenoxy) is 3. The first kappa shape index (κ1) is 21.3. The Morgan fingerprint density at radius 2 is 1.77 bits per heavy atom. The van der Waals surface area contributed by atoms with Crippen molar-refractivity contribution in [2.75, 3.05) is 20.8 Å². The van der Waals surface area contributed by atoms with E-state index in [-0.39, 0.29) is 39.9 Å². The summed E-state index contributed by atoms with van der Waals surface area (Å²) in [6.07, 6.45) is 2.20. The molecular weight excluding hydrogens is 392 g/mol. The summed E-state index contributed by atoms with van der Waals surface area (Å²) >= 11 is 0. The minimum absolute atomic E-state index is 0.0245. The van der Waals surface area contributed by atoms with Gasteiger partial charge in [0.25, 0.3) is 0 Å². The highest BCUT2D eigenvalue weighted by atomic mass is 16.5. The second-order valence-electron chi connectivity index (χ2n) is 7.29.